The molecule has 0 spiro atoms. The van der Waals surface area contributed by atoms with Gasteiger partial charge in [0.1, 0.15) is 0 Å². The Hall–Kier alpha value is -1.63. The highest BCUT2D eigenvalue weighted by molar-refractivity contribution is 5.78. The average Bonchev–Trinajstić information content (AvgIpc) is 2.62. The summed E-state index contributed by atoms with van der Waals surface area (Å²) in [4.78, 5) is 9.05. The Bertz CT molecular complexity index is 523. The van der Waals surface area contributed by atoms with Gasteiger partial charge in [-0.05, 0) is 11.1 Å². The molecule has 2 heterocycles. The molecule has 6 heteroatoms. The van der Waals surface area contributed by atoms with Crippen molar-refractivity contribution in [2.75, 3.05) is 52.6 Å². The summed E-state index contributed by atoms with van der Waals surface area (Å²) in [5.74, 6) is 0.617. The number of hydrogen-bond acceptors (Lipinski definition) is 4. The Kier molecular flexibility index (Phi) is 5.85. The second-order valence-electron chi connectivity index (χ2n) is 5.98. The molecule has 2 N–H and O–H groups in total. The van der Waals surface area contributed by atoms with Crippen LogP contribution >= 0.6 is 0 Å². The van der Waals surface area contributed by atoms with Gasteiger partial charge in [-0.1, -0.05) is 24.3 Å². The fourth-order valence-corrected chi connectivity index (χ4v) is 2.91. The SMILES string of the molecule is NC(=NCc1cccc(CN2CCOCC2)c1)N1CCOCC1. The average molecular weight is 318 g/mol. The number of morpholine rings is 2. The maximum Gasteiger partial charge on any atom is 0.191 e. The van der Waals surface area contributed by atoms with E-state index in [-0.39, 0.29) is 0 Å². The number of ether oxygens (including phenoxy) is 2. The Morgan fingerprint density at radius 2 is 1.65 bits per heavy atom. The maximum atomic E-state index is 6.08. The molecule has 6 nitrogen and oxygen atoms in total. The van der Waals surface area contributed by atoms with Crippen LogP contribution in [0.4, 0.5) is 0 Å². The van der Waals surface area contributed by atoms with Crippen LogP contribution in [0.15, 0.2) is 29.3 Å². The molecule has 23 heavy (non-hydrogen) atoms. The number of rotatable bonds is 4. The molecule has 0 bridgehead atoms. The quantitative estimate of drug-likeness (QED) is 0.653. The van der Waals surface area contributed by atoms with Gasteiger partial charge in [0.2, 0.25) is 0 Å². The Morgan fingerprint density at radius 3 is 2.39 bits per heavy atom. The fourth-order valence-electron chi connectivity index (χ4n) is 2.91. The van der Waals surface area contributed by atoms with Gasteiger partial charge in [-0.15, -0.1) is 0 Å². The highest BCUT2D eigenvalue weighted by Gasteiger charge is 2.12. The van der Waals surface area contributed by atoms with Gasteiger partial charge in [0, 0.05) is 32.7 Å². The van der Waals surface area contributed by atoms with E-state index in [0.29, 0.717) is 12.5 Å². The summed E-state index contributed by atoms with van der Waals surface area (Å²) in [6.45, 7) is 8.38. The summed E-state index contributed by atoms with van der Waals surface area (Å²) in [6, 6.07) is 8.62. The zero-order chi connectivity index (χ0) is 15.9. The lowest BCUT2D eigenvalue weighted by Gasteiger charge is -2.27. The number of guanidine groups is 1. The molecule has 0 unspecified atom stereocenters. The van der Waals surface area contributed by atoms with Crippen LogP contribution in [0.1, 0.15) is 11.1 Å². The topological polar surface area (TPSA) is 63.3 Å². The van der Waals surface area contributed by atoms with Crippen molar-refractivity contribution in [1.29, 1.82) is 0 Å². The standard InChI is InChI=1S/C17H26N4O2/c18-17(21-6-10-23-11-7-21)19-13-15-2-1-3-16(12-15)14-20-4-8-22-9-5-20/h1-3,12H,4-11,13-14H2,(H2,18,19). The van der Waals surface area contributed by atoms with Crippen molar-refractivity contribution in [3.05, 3.63) is 35.4 Å². The van der Waals surface area contributed by atoms with Crippen LogP contribution in [-0.4, -0.2) is 68.4 Å². The maximum absolute atomic E-state index is 6.08. The van der Waals surface area contributed by atoms with Gasteiger partial charge in [0.15, 0.2) is 5.96 Å². The van der Waals surface area contributed by atoms with E-state index in [1.54, 1.807) is 0 Å². The summed E-state index contributed by atoms with van der Waals surface area (Å²) in [5, 5.41) is 0. The highest BCUT2D eigenvalue weighted by Crippen LogP contribution is 2.11. The van der Waals surface area contributed by atoms with Crippen LogP contribution in [0.2, 0.25) is 0 Å². The van der Waals surface area contributed by atoms with E-state index in [0.717, 1.165) is 59.2 Å². The van der Waals surface area contributed by atoms with Gasteiger partial charge < -0.3 is 20.1 Å². The first kappa shape index (κ1) is 16.2. The van der Waals surface area contributed by atoms with Crippen molar-refractivity contribution in [3.63, 3.8) is 0 Å². The second kappa shape index (κ2) is 8.29. The minimum atomic E-state index is 0.617. The van der Waals surface area contributed by atoms with Crippen LogP contribution in [0.5, 0.6) is 0 Å². The lowest BCUT2D eigenvalue weighted by molar-refractivity contribution is 0.0342. The smallest absolute Gasteiger partial charge is 0.191 e. The number of hydrogen-bond donors (Lipinski definition) is 1. The van der Waals surface area contributed by atoms with Crippen molar-refractivity contribution in [3.8, 4) is 0 Å². The van der Waals surface area contributed by atoms with Crippen molar-refractivity contribution in [2.24, 2.45) is 10.7 Å². The molecule has 0 radical (unpaired) electrons. The van der Waals surface area contributed by atoms with Gasteiger partial charge in [-0.2, -0.15) is 0 Å². The number of nitrogens with zero attached hydrogens (tertiary/aromatic N) is 3. The van der Waals surface area contributed by atoms with Gasteiger partial charge in [-0.25, -0.2) is 4.99 Å². The molecule has 0 amide bonds. The molecule has 3 rings (SSSR count). The first-order chi connectivity index (χ1) is 11.3. The third-order valence-electron chi connectivity index (χ3n) is 4.26. The molecule has 2 fully saturated rings. The zero-order valence-electron chi connectivity index (χ0n) is 13.6. The summed E-state index contributed by atoms with van der Waals surface area (Å²) in [7, 11) is 0. The normalized spacial score (nSPS) is 20.7. The molecule has 1 aromatic rings. The molecule has 0 aliphatic carbocycles. The van der Waals surface area contributed by atoms with Crippen molar-refractivity contribution in [1.82, 2.24) is 9.80 Å². The van der Waals surface area contributed by atoms with Gasteiger partial charge >= 0.3 is 0 Å². The zero-order valence-corrected chi connectivity index (χ0v) is 13.6. The molecular weight excluding hydrogens is 292 g/mol. The highest BCUT2D eigenvalue weighted by atomic mass is 16.5. The van der Waals surface area contributed by atoms with Crippen LogP contribution in [0.3, 0.4) is 0 Å². The molecule has 126 valence electrons. The van der Waals surface area contributed by atoms with Crippen LogP contribution < -0.4 is 5.73 Å². The molecule has 0 atom stereocenters. The number of benzene rings is 1. The van der Waals surface area contributed by atoms with Crippen molar-refractivity contribution >= 4 is 5.96 Å². The van der Waals surface area contributed by atoms with E-state index in [1.807, 2.05) is 0 Å². The third kappa shape index (κ3) is 4.92. The molecule has 2 aliphatic heterocycles. The van der Waals surface area contributed by atoms with E-state index in [9.17, 15) is 0 Å². The van der Waals surface area contributed by atoms with Crippen LogP contribution in [-0.2, 0) is 22.6 Å². The Labute approximate surface area is 137 Å². The fraction of sp³-hybridized carbons (Fsp3) is 0.588. The van der Waals surface area contributed by atoms with E-state index in [2.05, 4.69) is 39.1 Å². The monoisotopic (exact) mass is 318 g/mol. The summed E-state index contributed by atoms with van der Waals surface area (Å²) in [5.41, 5.74) is 8.61. The lowest BCUT2D eigenvalue weighted by Crippen LogP contribution is -2.44. The van der Waals surface area contributed by atoms with E-state index >= 15 is 0 Å². The minimum Gasteiger partial charge on any atom is -0.379 e. The Balaban J connectivity index is 1.56. The molecule has 2 aliphatic rings. The number of aliphatic imine (C=N–C) groups is 1. The molecule has 0 aromatic heterocycles. The molecule has 0 saturated carbocycles. The lowest BCUT2D eigenvalue weighted by atomic mass is 10.1. The van der Waals surface area contributed by atoms with Crippen LogP contribution in [0, 0.1) is 0 Å². The largest absolute Gasteiger partial charge is 0.379 e. The Morgan fingerprint density at radius 1 is 1.00 bits per heavy atom. The third-order valence-corrected chi connectivity index (χ3v) is 4.26. The number of nitrogens with two attached hydrogens (primary N) is 1. The summed E-state index contributed by atoms with van der Waals surface area (Å²) < 4.78 is 10.7. The van der Waals surface area contributed by atoms with E-state index in [1.165, 1.54) is 11.1 Å². The summed E-state index contributed by atoms with van der Waals surface area (Å²) in [6.07, 6.45) is 0. The van der Waals surface area contributed by atoms with Crippen molar-refractivity contribution < 1.29 is 9.47 Å². The van der Waals surface area contributed by atoms with Crippen molar-refractivity contribution in [2.45, 2.75) is 13.1 Å². The minimum absolute atomic E-state index is 0.617. The van der Waals surface area contributed by atoms with Crippen LogP contribution in [0.25, 0.3) is 0 Å². The molecule has 1 aromatic carbocycles. The second-order valence-corrected chi connectivity index (χ2v) is 5.98. The van der Waals surface area contributed by atoms with E-state index < -0.39 is 0 Å². The van der Waals surface area contributed by atoms with Gasteiger partial charge in [-0.3, -0.25) is 4.90 Å². The van der Waals surface area contributed by atoms with E-state index in [4.69, 9.17) is 15.2 Å². The van der Waals surface area contributed by atoms with Gasteiger partial charge in [0.25, 0.3) is 0 Å². The predicted octanol–water partition coefficient (Wildman–Crippen LogP) is 0.666. The predicted molar refractivity (Wildman–Crippen MR) is 90.3 cm³/mol. The molecular formula is C17H26N4O2. The first-order valence-corrected chi connectivity index (χ1v) is 8.32. The first-order valence-electron chi connectivity index (χ1n) is 8.32. The summed E-state index contributed by atoms with van der Waals surface area (Å²) >= 11 is 0. The van der Waals surface area contributed by atoms with Gasteiger partial charge in [0.05, 0.1) is 33.0 Å². The molecule has 2 saturated heterocycles.